The molecule has 0 bridgehead atoms. The molecule has 2 aliphatic heterocycles. The van der Waals surface area contributed by atoms with Crippen LogP contribution in [0.15, 0.2) is 24.3 Å². The van der Waals surface area contributed by atoms with E-state index in [0.717, 1.165) is 6.26 Å². The number of ether oxygens (including phenoxy) is 2. The van der Waals surface area contributed by atoms with Crippen molar-refractivity contribution in [1.82, 2.24) is 9.80 Å². The molecule has 10 heteroatoms. The number of fused-ring (bicyclic) bond motifs is 1. The Morgan fingerprint density at radius 1 is 1.11 bits per heavy atom. The SMILES string of the molecule is CCOC(=O)N1CCN(C(=O)[C@H]2CCN(S(C)(=O)=O)c3ccccc3O2)CC1. The quantitative estimate of drug-likeness (QED) is 0.733. The van der Waals surface area contributed by atoms with E-state index in [4.69, 9.17) is 9.47 Å². The predicted octanol–water partition coefficient (Wildman–Crippen LogP) is 0.904. The van der Waals surface area contributed by atoms with E-state index in [1.807, 2.05) is 0 Å². The van der Waals surface area contributed by atoms with Crippen LogP contribution >= 0.6 is 0 Å². The Bertz CT molecular complexity index is 835. The van der Waals surface area contributed by atoms with Gasteiger partial charge in [-0.05, 0) is 19.1 Å². The van der Waals surface area contributed by atoms with Gasteiger partial charge in [-0.15, -0.1) is 0 Å². The maximum Gasteiger partial charge on any atom is 0.409 e. The van der Waals surface area contributed by atoms with Crippen molar-refractivity contribution >= 4 is 27.7 Å². The van der Waals surface area contributed by atoms with Crippen LogP contribution < -0.4 is 9.04 Å². The van der Waals surface area contributed by atoms with Crippen molar-refractivity contribution in [3.8, 4) is 5.75 Å². The average molecular weight is 411 g/mol. The van der Waals surface area contributed by atoms with Gasteiger partial charge in [0.1, 0.15) is 5.75 Å². The number of hydrogen-bond acceptors (Lipinski definition) is 6. The minimum absolute atomic E-state index is 0.162. The summed E-state index contributed by atoms with van der Waals surface area (Å²) in [4.78, 5) is 28.0. The molecule has 3 rings (SSSR count). The topological polar surface area (TPSA) is 96.5 Å². The third-order valence-electron chi connectivity index (χ3n) is 4.79. The van der Waals surface area contributed by atoms with E-state index < -0.39 is 16.1 Å². The van der Waals surface area contributed by atoms with Crippen LogP contribution in [0.3, 0.4) is 0 Å². The van der Waals surface area contributed by atoms with E-state index in [2.05, 4.69) is 0 Å². The first kappa shape index (κ1) is 20.2. The Kier molecular flexibility index (Phi) is 5.97. The number of benzene rings is 1. The van der Waals surface area contributed by atoms with Crippen molar-refractivity contribution < 1.29 is 27.5 Å². The van der Waals surface area contributed by atoms with Gasteiger partial charge in [0.05, 0.1) is 18.6 Å². The zero-order valence-electron chi connectivity index (χ0n) is 16.0. The van der Waals surface area contributed by atoms with Crippen LogP contribution in [0.25, 0.3) is 0 Å². The van der Waals surface area contributed by atoms with Gasteiger partial charge in [0, 0.05) is 39.1 Å². The van der Waals surface area contributed by atoms with Crippen LogP contribution in [0, 0.1) is 0 Å². The number of para-hydroxylation sites is 2. The molecule has 0 unspecified atom stereocenters. The van der Waals surface area contributed by atoms with E-state index >= 15 is 0 Å². The summed E-state index contributed by atoms with van der Waals surface area (Å²) in [5.74, 6) is 0.169. The van der Waals surface area contributed by atoms with Gasteiger partial charge in [0.2, 0.25) is 10.0 Å². The molecule has 28 heavy (non-hydrogen) atoms. The maximum absolute atomic E-state index is 13.0. The molecular formula is C18H25N3O6S. The molecule has 0 N–H and O–H groups in total. The number of rotatable bonds is 3. The summed E-state index contributed by atoms with van der Waals surface area (Å²) in [6, 6.07) is 6.81. The third-order valence-corrected chi connectivity index (χ3v) is 5.97. The Morgan fingerprint density at radius 3 is 2.39 bits per heavy atom. The van der Waals surface area contributed by atoms with Gasteiger partial charge < -0.3 is 19.3 Å². The highest BCUT2D eigenvalue weighted by atomic mass is 32.2. The van der Waals surface area contributed by atoms with Gasteiger partial charge >= 0.3 is 6.09 Å². The molecule has 1 aromatic rings. The highest BCUT2D eigenvalue weighted by Gasteiger charge is 2.35. The van der Waals surface area contributed by atoms with E-state index in [1.165, 1.54) is 4.31 Å². The number of carbonyl (C=O) groups is 2. The van der Waals surface area contributed by atoms with Gasteiger partial charge in [-0.3, -0.25) is 9.10 Å². The van der Waals surface area contributed by atoms with Gasteiger partial charge in [0.25, 0.3) is 5.91 Å². The van der Waals surface area contributed by atoms with Gasteiger partial charge in [0.15, 0.2) is 6.10 Å². The molecule has 1 atom stereocenters. The normalized spacial score (nSPS) is 20.1. The van der Waals surface area contributed by atoms with Crippen LogP contribution in [0.4, 0.5) is 10.5 Å². The predicted molar refractivity (Wildman–Crippen MR) is 103 cm³/mol. The fourth-order valence-electron chi connectivity index (χ4n) is 3.38. The zero-order valence-corrected chi connectivity index (χ0v) is 16.9. The Morgan fingerprint density at radius 2 is 1.75 bits per heavy atom. The molecule has 1 aromatic carbocycles. The zero-order chi connectivity index (χ0) is 20.3. The second-order valence-corrected chi connectivity index (χ2v) is 8.62. The average Bonchev–Trinajstić information content (AvgIpc) is 2.87. The molecule has 154 valence electrons. The number of hydrogen-bond donors (Lipinski definition) is 0. The van der Waals surface area contributed by atoms with E-state index in [1.54, 1.807) is 41.0 Å². The summed E-state index contributed by atoms with van der Waals surface area (Å²) in [5.41, 5.74) is 0.437. The highest BCUT2D eigenvalue weighted by molar-refractivity contribution is 7.92. The van der Waals surface area contributed by atoms with E-state index in [0.29, 0.717) is 44.2 Å². The summed E-state index contributed by atoms with van der Waals surface area (Å²) in [5, 5.41) is 0. The fourth-order valence-corrected chi connectivity index (χ4v) is 4.32. The molecule has 0 spiro atoms. The molecule has 1 fully saturated rings. The van der Waals surface area contributed by atoms with Crippen LogP contribution in [-0.2, 0) is 19.6 Å². The second kappa shape index (κ2) is 8.26. The highest BCUT2D eigenvalue weighted by Crippen LogP contribution is 2.34. The summed E-state index contributed by atoms with van der Waals surface area (Å²) in [6.07, 6.45) is 0.235. The summed E-state index contributed by atoms with van der Waals surface area (Å²) >= 11 is 0. The molecule has 9 nitrogen and oxygen atoms in total. The lowest BCUT2D eigenvalue weighted by molar-refractivity contribution is -0.140. The van der Waals surface area contributed by atoms with Crippen molar-refractivity contribution in [3.05, 3.63) is 24.3 Å². The summed E-state index contributed by atoms with van der Waals surface area (Å²) < 4.78 is 36.5. The largest absolute Gasteiger partial charge is 0.478 e. The minimum atomic E-state index is -3.49. The van der Waals surface area contributed by atoms with Crippen LogP contribution in [0.2, 0.25) is 0 Å². The Labute approximate surface area is 164 Å². The molecule has 2 aliphatic rings. The second-order valence-electron chi connectivity index (χ2n) is 6.71. The first-order chi connectivity index (χ1) is 13.3. The summed E-state index contributed by atoms with van der Waals surface area (Å²) in [7, 11) is -3.49. The number of amides is 2. The number of sulfonamides is 1. The molecule has 0 radical (unpaired) electrons. The first-order valence-electron chi connectivity index (χ1n) is 9.25. The van der Waals surface area contributed by atoms with Crippen molar-refractivity contribution in [2.24, 2.45) is 0 Å². The van der Waals surface area contributed by atoms with E-state index in [9.17, 15) is 18.0 Å². The standard InChI is InChI=1S/C18H25N3O6S/c1-3-26-18(23)20-12-10-19(11-13-20)17(22)16-8-9-21(28(2,24)25)14-6-4-5-7-15(14)27-16/h4-7,16H,3,8-13H2,1-2H3/t16-/m1/s1. The van der Waals surface area contributed by atoms with Crippen molar-refractivity contribution in [2.45, 2.75) is 19.4 Å². The van der Waals surface area contributed by atoms with Crippen LogP contribution in [0.5, 0.6) is 5.75 Å². The first-order valence-corrected chi connectivity index (χ1v) is 11.1. The van der Waals surface area contributed by atoms with Crippen molar-refractivity contribution in [1.29, 1.82) is 0 Å². The smallest absolute Gasteiger partial charge is 0.409 e. The third kappa shape index (κ3) is 4.32. The Hall–Kier alpha value is -2.49. The van der Waals surface area contributed by atoms with E-state index in [-0.39, 0.29) is 25.0 Å². The lowest BCUT2D eigenvalue weighted by atomic mass is 10.2. The molecule has 0 aliphatic carbocycles. The van der Waals surface area contributed by atoms with Crippen LogP contribution in [-0.4, -0.2) is 81.9 Å². The molecule has 0 saturated carbocycles. The molecule has 0 aromatic heterocycles. The van der Waals surface area contributed by atoms with Crippen molar-refractivity contribution in [3.63, 3.8) is 0 Å². The maximum atomic E-state index is 13.0. The summed E-state index contributed by atoms with van der Waals surface area (Å²) in [6.45, 7) is 3.77. The fraction of sp³-hybridized carbons (Fsp3) is 0.556. The van der Waals surface area contributed by atoms with Gasteiger partial charge in [-0.25, -0.2) is 13.2 Å². The van der Waals surface area contributed by atoms with Crippen LogP contribution in [0.1, 0.15) is 13.3 Å². The number of anilines is 1. The molecule has 2 amide bonds. The lowest BCUT2D eigenvalue weighted by Crippen LogP contribution is -2.54. The minimum Gasteiger partial charge on any atom is -0.478 e. The number of piperazine rings is 1. The lowest BCUT2D eigenvalue weighted by Gasteiger charge is -2.35. The number of carbonyl (C=O) groups excluding carboxylic acids is 2. The number of nitrogens with zero attached hydrogens (tertiary/aromatic N) is 3. The van der Waals surface area contributed by atoms with Crippen molar-refractivity contribution in [2.75, 3.05) is 49.9 Å². The van der Waals surface area contributed by atoms with Gasteiger partial charge in [-0.1, -0.05) is 12.1 Å². The monoisotopic (exact) mass is 411 g/mol. The molecular weight excluding hydrogens is 386 g/mol. The Balaban J connectivity index is 1.70. The molecule has 1 saturated heterocycles. The molecule has 2 heterocycles. The van der Waals surface area contributed by atoms with Gasteiger partial charge in [-0.2, -0.15) is 0 Å².